The average Bonchev–Trinajstić information content (AvgIpc) is 4.00. The van der Waals surface area contributed by atoms with Gasteiger partial charge in [0.1, 0.15) is 23.8 Å². The predicted molar refractivity (Wildman–Crippen MR) is 215 cm³/mol. The third-order valence-corrected chi connectivity index (χ3v) is 9.81. The molecule has 2 aromatic heterocycles. The molecule has 0 bridgehead atoms. The van der Waals surface area contributed by atoms with Crippen molar-refractivity contribution < 1.29 is 36.7 Å². The summed E-state index contributed by atoms with van der Waals surface area (Å²) >= 11 is 0. The summed E-state index contributed by atoms with van der Waals surface area (Å²) in [6.45, 7) is 7.81. The Morgan fingerprint density at radius 2 is 1.70 bits per heavy atom. The molecular formula is C39H51FN6O10S. The molecule has 4 aromatic rings. The van der Waals surface area contributed by atoms with E-state index in [2.05, 4.69) is 29.0 Å². The quantitative estimate of drug-likeness (QED) is 0.0730. The highest BCUT2D eigenvalue weighted by atomic mass is 32.2. The Balaban J connectivity index is 0.00000117. The molecule has 3 heterocycles. The van der Waals surface area contributed by atoms with Crippen LogP contribution in [0, 0.1) is 12.7 Å². The Labute approximate surface area is 329 Å². The van der Waals surface area contributed by atoms with E-state index in [9.17, 15) is 27.6 Å². The molecule has 0 spiro atoms. The third-order valence-electron chi connectivity index (χ3n) is 9.81. The Kier molecular flexibility index (Phi) is 14.8. The lowest BCUT2D eigenvalue weighted by atomic mass is 10.1. The molecule has 57 heavy (non-hydrogen) atoms. The molecule has 6 rings (SSSR count). The van der Waals surface area contributed by atoms with E-state index in [0.29, 0.717) is 62.4 Å². The summed E-state index contributed by atoms with van der Waals surface area (Å²) in [4.78, 5) is 58.7. The largest absolute Gasteiger partial charge is 0.459 e. The van der Waals surface area contributed by atoms with E-state index < -0.39 is 33.0 Å². The topological polar surface area (TPSA) is 205 Å². The first kappa shape index (κ1) is 43.2. The highest BCUT2D eigenvalue weighted by molar-refractivity contribution is 7.85. The number of carbonyl (C=O) groups excluding carboxylic acids is 1. The fraction of sp³-hybridized carbons (Fsp3) is 0.487. The Hall–Kier alpha value is -4.88. The number of esters is 1. The summed E-state index contributed by atoms with van der Waals surface area (Å²) in [7, 11) is -3.67. The number of hydrogen-bond donors (Lipinski definition) is 4. The van der Waals surface area contributed by atoms with Crippen LogP contribution in [-0.2, 0) is 32.6 Å². The van der Waals surface area contributed by atoms with Gasteiger partial charge in [-0.25, -0.2) is 14.0 Å². The van der Waals surface area contributed by atoms with E-state index in [-0.39, 0.29) is 49.0 Å². The van der Waals surface area contributed by atoms with Crippen LogP contribution in [0.1, 0.15) is 60.1 Å². The molecule has 16 nitrogen and oxygen atoms in total. The van der Waals surface area contributed by atoms with Crippen molar-refractivity contribution in [3.63, 3.8) is 0 Å². The van der Waals surface area contributed by atoms with Crippen LogP contribution >= 0.6 is 0 Å². The number of piperazine rings is 1. The lowest BCUT2D eigenvalue weighted by molar-refractivity contribution is 0.0256. The van der Waals surface area contributed by atoms with Crippen molar-refractivity contribution in [1.29, 1.82) is 0 Å². The molecule has 0 radical (unpaired) electrons. The normalized spacial score (nSPS) is 14.7. The number of aromatic amines is 1. The molecule has 1 saturated heterocycles. The van der Waals surface area contributed by atoms with Crippen LogP contribution in [0.4, 0.5) is 21.6 Å². The minimum absolute atomic E-state index is 0.0697. The van der Waals surface area contributed by atoms with Gasteiger partial charge in [0.2, 0.25) is 5.43 Å². The Morgan fingerprint density at radius 1 is 1.00 bits per heavy atom. The zero-order valence-electron chi connectivity index (χ0n) is 32.5. The second-order valence-electron chi connectivity index (χ2n) is 14.2. The van der Waals surface area contributed by atoms with Gasteiger partial charge in [-0.2, -0.15) is 8.42 Å². The summed E-state index contributed by atoms with van der Waals surface area (Å²) in [6, 6.07) is 10.4. The maximum Gasteiger partial charge on any atom is 0.343 e. The number of carbonyl (C=O) groups is 1. The average molecular weight is 815 g/mol. The van der Waals surface area contributed by atoms with Gasteiger partial charge in [0, 0.05) is 62.1 Å². The van der Waals surface area contributed by atoms with Crippen molar-refractivity contribution >= 4 is 44.2 Å². The molecule has 0 unspecified atom stereocenters. The van der Waals surface area contributed by atoms with Crippen LogP contribution in [0.2, 0.25) is 0 Å². The van der Waals surface area contributed by atoms with Crippen LogP contribution in [0.15, 0.2) is 57.0 Å². The molecule has 2 aliphatic rings. The number of aliphatic hydroxyl groups excluding tert-OH is 1. The fourth-order valence-corrected chi connectivity index (χ4v) is 6.74. The smallest absolute Gasteiger partial charge is 0.343 e. The number of unbranched alkanes of at least 4 members (excludes halogenated alkanes) is 1. The van der Waals surface area contributed by atoms with E-state index in [1.807, 2.05) is 27.7 Å². The van der Waals surface area contributed by atoms with Gasteiger partial charge < -0.3 is 29.4 Å². The summed E-state index contributed by atoms with van der Waals surface area (Å²) in [5, 5.41) is 12.1. The van der Waals surface area contributed by atoms with Crippen LogP contribution in [0.25, 0.3) is 10.9 Å². The molecule has 310 valence electrons. The number of fused-ring (bicyclic) bond motifs is 1. The van der Waals surface area contributed by atoms with E-state index >= 15 is 4.39 Å². The minimum Gasteiger partial charge on any atom is -0.459 e. The molecule has 1 aliphatic heterocycles. The van der Waals surface area contributed by atoms with Gasteiger partial charge in [0.05, 0.1) is 37.3 Å². The van der Waals surface area contributed by atoms with Crippen LogP contribution in [0.5, 0.6) is 0 Å². The first-order valence-electron chi connectivity index (χ1n) is 19.0. The number of benzene rings is 2. The van der Waals surface area contributed by atoms with Gasteiger partial charge >= 0.3 is 11.7 Å². The van der Waals surface area contributed by atoms with Gasteiger partial charge in [0.15, 0.2) is 0 Å². The molecule has 4 N–H and O–H groups in total. The molecule has 1 saturated carbocycles. The predicted octanol–water partition coefficient (Wildman–Crippen LogP) is 3.21. The number of rotatable bonds is 16. The van der Waals surface area contributed by atoms with E-state index in [0.717, 1.165) is 37.9 Å². The van der Waals surface area contributed by atoms with Gasteiger partial charge in [-0.1, -0.05) is 13.0 Å². The van der Waals surface area contributed by atoms with E-state index in [1.54, 1.807) is 6.07 Å². The molecule has 18 heteroatoms. The lowest BCUT2D eigenvalue weighted by Crippen LogP contribution is -2.47. The summed E-state index contributed by atoms with van der Waals surface area (Å²) in [5.74, 6) is -0.955. The highest BCUT2D eigenvalue weighted by Gasteiger charge is 2.29. The van der Waals surface area contributed by atoms with Crippen molar-refractivity contribution in [2.45, 2.75) is 58.5 Å². The second kappa shape index (κ2) is 19.5. The molecule has 2 aromatic carbocycles. The van der Waals surface area contributed by atoms with Gasteiger partial charge in [-0.3, -0.25) is 28.6 Å². The summed E-state index contributed by atoms with van der Waals surface area (Å²) < 4.78 is 54.9. The summed E-state index contributed by atoms with van der Waals surface area (Å²) in [6.07, 6.45) is 6.36. The second-order valence-corrected chi connectivity index (χ2v) is 15.6. The van der Waals surface area contributed by atoms with Gasteiger partial charge in [-0.05, 0) is 81.0 Å². The number of halogens is 1. The van der Waals surface area contributed by atoms with Crippen molar-refractivity contribution in [2.24, 2.45) is 0 Å². The molecular weight excluding hydrogens is 764 g/mol. The molecule has 2 fully saturated rings. The van der Waals surface area contributed by atoms with E-state index in [4.69, 9.17) is 19.1 Å². The Morgan fingerprint density at radius 3 is 2.35 bits per heavy atom. The number of aliphatic hydroxyl groups is 1. The number of ether oxygens (including phenoxy) is 2. The number of pyridine rings is 1. The van der Waals surface area contributed by atoms with Crippen molar-refractivity contribution in [3.8, 4) is 0 Å². The number of H-pyrrole nitrogens is 1. The Bertz CT molecular complexity index is 2290. The molecule has 0 amide bonds. The van der Waals surface area contributed by atoms with Crippen molar-refractivity contribution in [1.82, 2.24) is 19.0 Å². The number of aryl methyl sites for hydroxylation is 2. The number of nitrogens with zero attached hydrogens (tertiary/aromatic N) is 4. The lowest BCUT2D eigenvalue weighted by Gasteiger charge is -2.36. The third kappa shape index (κ3) is 12.1. The van der Waals surface area contributed by atoms with Crippen LogP contribution in [0.3, 0.4) is 0 Å². The standard InChI is InChI=1S/C38H47FN6O7.CH4O3S/c1-3-26-20-27(7-6-25(26)2)40-34-23-35(47)44(38(50)41-34)11-5-4-10-42-12-14-43(15-13-42)33-22-32-29(21-31(33)39)36(48)30(24-45(32)28-8-9-28)37(49)52-19-18-51-17-16-46;1-5(2,3)4/h6-7,20-24,28,40,46H,3-5,8-19H2,1-2H3,(H,41,50);1H3,(H,2,3,4). The zero-order chi connectivity index (χ0) is 41.3. The zero-order valence-corrected chi connectivity index (χ0v) is 33.3. The number of nitrogens with one attached hydrogen (secondary N) is 2. The van der Waals surface area contributed by atoms with Crippen molar-refractivity contribution in [3.05, 3.63) is 96.2 Å². The van der Waals surface area contributed by atoms with Gasteiger partial charge in [0.25, 0.3) is 15.7 Å². The monoisotopic (exact) mass is 814 g/mol. The molecule has 1 aliphatic carbocycles. The number of anilines is 3. The van der Waals surface area contributed by atoms with E-state index in [1.165, 1.54) is 34.0 Å². The minimum atomic E-state index is -3.67. The fourth-order valence-electron chi connectivity index (χ4n) is 6.74. The summed E-state index contributed by atoms with van der Waals surface area (Å²) in [5.41, 5.74) is 2.67. The maximum absolute atomic E-state index is 15.6. The first-order valence-corrected chi connectivity index (χ1v) is 20.9. The van der Waals surface area contributed by atoms with Crippen LogP contribution in [-0.4, -0.2) is 108 Å². The van der Waals surface area contributed by atoms with Crippen LogP contribution < -0.4 is 26.9 Å². The highest BCUT2D eigenvalue weighted by Crippen LogP contribution is 2.38. The first-order chi connectivity index (χ1) is 27.2. The van der Waals surface area contributed by atoms with Gasteiger partial charge in [-0.15, -0.1) is 0 Å². The molecule has 0 atom stereocenters. The number of hydrogen-bond acceptors (Lipinski definition) is 12. The number of aromatic nitrogens is 3. The SMILES string of the molecule is CCc1cc(Nc2cc(=O)n(CCCCN3CCN(c4cc5c(cc4F)c(=O)c(C(=O)OCCOCCO)cn5C4CC4)CC3)c(=O)[nH]2)ccc1C.CS(=O)(=O)O. The maximum atomic E-state index is 15.6. The van der Waals surface area contributed by atoms with Crippen molar-refractivity contribution in [2.75, 3.05) is 75.6 Å².